The van der Waals surface area contributed by atoms with Gasteiger partial charge in [0.25, 0.3) is 0 Å². The quantitative estimate of drug-likeness (QED) is 0.190. The molecule has 3 aromatic carbocycles. The van der Waals surface area contributed by atoms with Crippen LogP contribution in [0.1, 0.15) is 13.8 Å². The molecular weight excluding hydrogens is 432 g/mol. The number of Topliss-reactive ketones (excluding diaryl/α,β-unsaturated/α-hetero) is 1. The molecule has 0 aliphatic carbocycles. The van der Waals surface area contributed by atoms with Gasteiger partial charge in [-0.3, -0.25) is 14.2 Å². The summed E-state index contributed by atoms with van der Waals surface area (Å²) >= 11 is 1.12. The Labute approximate surface area is 197 Å². The molecule has 0 amide bonds. The first-order chi connectivity index (χ1) is 16.1. The summed E-state index contributed by atoms with van der Waals surface area (Å²) in [4.78, 5) is 29.9. The van der Waals surface area contributed by atoms with Gasteiger partial charge < -0.3 is 4.74 Å². The SMILES string of the molecule is CCOC(=O)C(Sc1nc(-c2ccccc2)c(-c2ccccc2)n1-c1ccccc1)C(C)=O. The molecule has 5 nitrogen and oxygen atoms in total. The number of ketones is 1. The summed E-state index contributed by atoms with van der Waals surface area (Å²) in [6, 6.07) is 29.7. The molecule has 4 aromatic rings. The van der Waals surface area contributed by atoms with Gasteiger partial charge in [-0.2, -0.15) is 0 Å². The van der Waals surface area contributed by atoms with E-state index < -0.39 is 11.2 Å². The zero-order chi connectivity index (χ0) is 23.2. The van der Waals surface area contributed by atoms with Crippen LogP contribution in [0.5, 0.6) is 0 Å². The molecule has 0 spiro atoms. The fourth-order valence-electron chi connectivity index (χ4n) is 3.58. The topological polar surface area (TPSA) is 61.2 Å². The van der Waals surface area contributed by atoms with E-state index in [4.69, 9.17) is 9.72 Å². The van der Waals surface area contributed by atoms with Crippen LogP contribution in [0, 0.1) is 0 Å². The first-order valence-electron chi connectivity index (χ1n) is 10.7. The summed E-state index contributed by atoms with van der Waals surface area (Å²) in [5.41, 5.74) is 4.49. The summed E-state index contributed by atoms with van der Waals surface area (Å²) < 4.78 is 7.18. The van der Waals surface area contributed by atoms with Crippen molar-refractivity contribution in [2.45, 2.75) is 24.3 Å². The highest BCUT2D eigenvalue weighted by atomic mass is 32.2. The molecule has 0 saturated heterocycles. The number of ether oxygens (including phenoxy) is 1. The van der Waals surface area contributed by atoms with E-state index in [9.17, 15) is 9.59 Å². The molecular formula is C27H24N2O3S. The van der Waals surface area contributed by atoms with Gasteiger partial charge in [-0.25, -0.2) is 4.98 Å². The van der Waals surface area contributed by atoms with E-state index in [2.05, 4.69) is 0 Å². The monoisotopic (exact) mass is 456 g/mol. The lowest BCUT2D eigenvalue weighted by atomic mass is 10.0. The van der Waals surface area contributed by atoms with E-state index in [0.717, 1.165) is 40.0 Å². The summed E-state index contributed by atoms with van der Waals surface area (Å²) in [6.07, 6.45) is 0. The third-order valence-corrected chi connectivity index (χ3v) is 6.29. The van der Waals surface area contributed by atoms with Crippen LogP contribution >= 0.6 is 11.8 Å². The fraction of sp³-hybridized carbons (Fsp3) is 0.148. The van der Waals surface area contributed by atoms with E-state index in [1.165, 1.54) is 6.92 Å². The van der Waals surface area contributed by atoms with E-state index in [1.807, 2.05) is 95.6 Å². The predicted molar refractivity (Wildman–Crippen MR) is 131 cm³/mol. The van der Waals surface area contributed by atoms with Crippen LogP contribution in [0.25, 0.3) is 28.2 Å². The Hall–Kier alpha value is -3.64. The fourth-order valence-corrected chi connectivity index (χ4v) is 4.56. The maximum atomic E-state index is 12.6. The Bertz CT molecular complexity index is 1240. The van der Waals surface area contributed by atoms with E-state index in [0.29, 0.717) is 5.16 Å². The zero-order valence-electron chi connectivity index (χ0n) is 18.5. The minimum Gasteiger partial charge on any atom is -0.465 e. The number of rotatable bonds is 8. The first-order valence-corrected chi connectivity index (χ1v) is 11.6. The minimum absolute atomic E-state index is 0.209. The number of benzene rings is 3. The Morgan fingerprint density at radius 2 is 1.42 bits per heavy atom. The number of esters is 1. The molecule has 0 aliphatic rings. The van der Waals surface area contributed by atoms with Crippen molar-refractivity contribution in [2.24, 2.45) is 0 Å². The van der Waals surface area contributed by atoms with Gasteiger partial charge in [-0.1, -0.05) is 90.6 Å². The van der Waals surface area contributed by atoms with Crippen LogP contribution in [0.3, 0.4) is 0 Å². The highest BCUT2D eigenvalue weighted by Gasteiger charge is 2.30. The van der Waals surface area contributed by atoms with Crippen LogP contribution in [0.4, 0.5) is 0 Å². The van der Waals surface area contributed by atoms with Gasteiger partial charge >= 0.3 is 5.97 Å². The van der Waals surface area contributed by atoms with Crippen molar-refractivity contribution >= 4 is 23.5 Å². The summed E-state index contributed by atoms with van der Waals surface area (Å²) in [5.74, 6) is -0.830. The van der Waals surface area contributed by atoms with Crippen molar-refractivity contribution in [3.63, 3.8) is 0 Å². The van der Waals surface area contributed by atoms with Gasteiger partial charge in [0.1, 0.15) is 0 Å². The number of imidazole rings is 1. The lowest BCUT2D eigenvalue weighted by molar-refractivity contribution is -0.144. The third-order valence-electron chi connectivity index (χ3n) is 5.05. The number of thioether (sulfide) groups is 1. The van der Waals surface area contributed by atoms with Gasteiger partial charge in [0.05, 0.1) is 18.0 Å². The van der Waals surface area contributed by atoms with Crippen molar-refractivity contribution in [3.05, 3.63) is 91.0 Å². The average Bonchev–Trinajstić information content (AvgIpc) is 3.23. The molecule has 1 heterocycles. The van der Waals surface area contributed by atoms with Crippen LogP contribution in [0.2, 0.25) is 0 Å². The molecule has 0 aliphatic heterocycles. The normalized spacial score (nSPS) is 11.7. The number of nitrogens with zero attached hydrogens (tertiary/aromatic N) is 2. The Morgan fingerprint density at radius 3 is 1.97 bits per heavy atom. The van der Waals surface area contributed by atoms with Crippen LogP contribution in [-0.4, -0.2) is 33.2 Å². The molecule has 0 radical (unpaired) electrons. The number of hydrogen-bond acceptors (Lipinski definition) is 5. The first kappa shape index (κ1) is 22.6. The van der Waals surface area contributed by atoms with Crippen LogP contribution in [0.15, 0.2) is 96.2 Å². The van der Waals surface area contributed by atoms with Gasteiger partial charge in [0.15, 0.2) is 16.2 Å². The largest absolute Gasteiger partial charge is 0.465 e. The summed E-state index contributed by atoms with van der Waals surface area (Å²) in [5, 5.41) is -0.450. The molecule has 1 unspecified atom stereocenters. The molecule has 1 aromatic heterocycles. The number of carbonyl (C=O) groups is 2. The molecule has 166 valence electrons. The minimum atomic E-state index is -0.998. The number of carbonyl (C=O) groups excluding carboxylic acids is 2. The van der Waals surface area contributed by atoms with Crippen LogP contribution in [-0.2, 0) is 14.3 Å². The van der Waals surface area contributed by atoms with Crippen molar-refractivity contribution in [3.8, 4) is 28.2 Å². The number of aromatic nitrogens is 2. The van der Waals surface area contributed by atoms with Gasteiger partial charge in [-0.15, -0.1) is 0 Å². The Balaban J connectivity index is 1.97. The van der Waals surface area contributed by atoms with Crippen molar-refractivity contribution in [1.29, 1.82) is 0 Å². The lowest BCUT2D eigenvalue weighted by Crippen LogP contribution is -2.27. The highest BCUT2D eigenvalue weighted by Crippen LogP contribution is 2.39. The van der Waals surface area contributed by atoms with Gasteiger partial charge in [-0.05, 0) is 26.0 Å². The molecule has 0 N–H and O–H groups in total. The second-order valence-electron chi connectivity index (χ2n) is 7.36. The standard InChI is InChI=1S/C27H24N2O3S/c1-3-32-26(31)25(19(2)30)33-27-28-23(20-13-7-4-8-14-20)24(21-15-9-5-10-16-21)29(27)22-17-11-6-12-18-22/h4-18,25H,3H2,1-2H3. The van der Waals surface area contributed by atoms with Gasteiger partial charge in [0, 0.05) is 16.8 Å². The lowest BCUT2D eigenvalue weighted by Gasteiger charge is -2.15. The maximum Gasteiger partial charge on any atom is 0.327 e. The Kier molecular flexibility index (Phi) is 7.05. The van der Waals surface area contributed by atoms with Gasteiger partial charge in [0.2, 0.25) is 0 Å². The number of hydrogen-bond donors (Lipinski definition) is 0. The Morgan fingerprint density at radius 1 is 0.879 bits per heavy atom. The average molecular weight is 457 g/mol. The van der Waals surface area contributed by atoms with Crippen molar-refractivity contribution in [2.75, 3.05) is 6.61 Å². The third kappa shape index (κ3) is 4.91. The van der Waals surface area contributed by atoms with E-state index in [-0.39, 0.29) is 12.4 Å². The molecule has 33 heavy (non-hydrogen) atoms. The van der Waals surface area contributed by atoms with E-state index in [1.54, 1.807) is 6.92 Å². The predicted octanol–water partition coefficient (Wildman–Crippen LogP) is 5.82. The van der Waals surface area contributed by atoms with Crippen molar-refractivity contribution < 1.29 is 14.3 Å². The molecule has 1 atom stereocenters. The van der Waals surface area contributed by atoms with E-state index >= 15 is 0 Å². The number of para-hydroxylation sites is 1. The maximum absolute atomic E-state index is 12.6. The molecule has 6 heteroatoms. The molecule has 0 bridgehead atoms. The van der Waals surface area contributed by atoms with Crippen LogP contribution < -0.4 is 0 Å². The molecule has 4 rings (SSSR count). The zero-order valence-corrected chi connectivity index (χ0v) is 19.3. The second kappa shape index (κ2) is 10.3. The summed E-state index contributed by atoms with van der Waals surface area (Å²) in [7, 11) is 0. The smallest absolute Gasteiger partial charge is 0.327 e. The van der Waals surface area contributed by atoms with Crippen molar-refractivity contribution in [1.82, 2.24) is 9.55 Å². The summed E-state index contributed by atoms with van der Waals surface area (Å²) in [6.45, 7) is 3.34. The molecule has 0 fully saturated rings. The molecule has 0 saturated carbocycles. The highest BCUT2D eigenvalue weighted by molar-refractivity contribution is 8.01. The second-order valence-corrected chi connectivity index (χ2v) is 8.43.